The summed E-state index contributed by atoms with van der Waals surface area (Å²) in [6.07, 6.45) is 1.40. The number of thiocarbonyl (C=S) groups is 1. The third-order valence-electron chi connectivity index (χ3n) is 1.47. The van der Waals surface area contributed by atoms with E-state index >= 15 is 0 Å². The van der Waals surface area contributed by atoms with Gasteiger partial charge in [0.25, 0.3) is 5.69 Å². The summed E-state index contributed by atoms with van der Waals surface area (Å²) in [6, 6.07) is 6.04. The van der Waals surface area contributed by atoms with Gasteiger partial charge in [-0.15, -0.1) is 0 Å². The Kier molecular flexibility index (Phi) is 3.69. The van der Waals surface area contributed by atoms with Gasteiger partial charge < -0.3 is 5.73 Å². The van der Waals surface area contributed by atoms with Gasteiger partial charge in [0.1, 0.15) is 0 Å². The second kappa shape index (κ2) is 5.01. The van der Waals surface area contributed by atoms with Crippen LogP contribution in [0.25, 0.3) is 0 Å². The minimum Gasteiger partial charge on any atom is -0.375 e. The molecule has 0 aliphatic carbocycles. The number of nitro groups is 1. The number of hydrogen-bond donors (Lipinski definition) is 2. The summed E-state index contributed by atoms with van der Waals surface area (Å²) in [5.74, 6) is 0. The maximum atomic E-state index is 10.4. The number of nitrogens with two attached hydrogens (primary N) is 1. The number of nitro benzene ring substituents is 1. The Morgan fingerprint density at radius 2 is 2.40 bits per heavy atom. The molecule has 0 aliphatic rings. The molecule has 0 amide bonds. The van der Waals surface area contributed by atoms with Crippen molar-refractivity contribution in [3.8, 4) is 0 Å². The van der Waals surface area contributed by atoms with E-state index in [2.05, 4.69) is 22.7 Å². The van der Waals surface area contributed by atoms with Crippen LogP contribution >= 0.6 is 12.2 Å². The summed E-state index contributed by atoms with van der Waals surface area (Å²) in [5, 5.41) is 14.2. The molecule has 0 heterocycles. The fourth-order valence-corrected chi connectivity index (χ4v) is 0.942. The Morgan fingerprint density at radius 1 is 1.67 bits per heavy atom. The van der Waals surface area contributed by atoms with Gasteiger partial charge in [0.05, 0.1) is 11.1 Å². The van der Waals surface area contributed by atoms with E-state index in [1.165, 1.54) is 18.3 Å². The SMILES string of the molecule is NC(=S)N/N=C/c1cccc([N+](=O)[O-])c1. The first-order valence-corrected chi connectivity index (χ1v) is 4.33. The summed E-state index contributed by atoms with van der Waals surface area (Å²) < 4.78 is 0. The van der Waals surface area contributed by atoms with E-state index in [1.807, 2.05) is 0 Å². The van der Waals surface area contributed by atoms with E-state index in [0.29, 0.717) is 5.56 Å². The summed E-state index contributed by atoms with van der Waals surface area (Å²) in [4.78, 5) is 9.97. The molecule has 7 heteroatoms. The van der Waals surface area contributed by atoms with E-state index in [-0.39, 0.29) is 10.8 Å². The fourth-order valence-electron chi connectivity index (χ4n) is 0.889. The van der Waals surface area contributed by atoms with Crippen molar-refractivity contribution >= 4 is 29.2 Å². The molecule has 3 N–H and O–H groups in total. The van der Waals surface area contributed by atoms with Crippen LogP contribution < -0.4 is 11.2 Å². The van der Waals surface area contributed by atoms with Gasteiger partial charge >= 0.3 is 0 Å². The van der Waals surface area contributed by atoms with Crippen LogP contribution in [0.1, 0.15) is 5.56 Å². The molecule has 78 valence electrons. The minimum atomic E-state index is -0.474. The van der Waals surface area contributed by atoms with Crippen LogP contribution in [0.5, 0.6) is 0 Å². The summed E-state index contributed by atoms with van der Waals surface area (Å²) in [7, 11) is 0. The zero-order chi connectivity index (χ0) is 11.3. The molecule has 0 fully saturated rings. The van der Waals surface area contributed by atoms with Crippen molar-refractivity contribution < 1.29 is 4.92 Å². The third-order valence-corrected chi connectivity index (χ3v) is 1.56. The van der Waals surface area contributed by atoms with Gasteiger partial charge in [0.15, 0.2) is 5.11 Å². The Hall–Kier alpha value is -2.02. The lowest BCUT2D eigenvalue weighted by Gasteiger charge is -1.95. The zero-order valence-corrected chi connectivity index (χ0v) is 8.40. The highest BCUT2D eigenvalue weighted by Gasteiger charge is 2.03. The molecule has 0 bridgehead atoms. The fraction of sp³-hybridized carbons (Fsp3) is 0. The Balaban J connectivity index is 2.78. The quantitative estimate of drug-likeness (QED) is 0.342. The first kappa shape index (κ1) is 11.1. The van der Waals surface area contributed by atoms with Crippen LogP contribution in [-0.4, -0.2) is 16.3 Å². The standard InChI is InChI=1S/C8H8N4O2S/c9-8(15)11-10-5-6-2-1-3-7(4-6)12(13)14/h1-5H,(H3,9,11,15)/b10-5+. The molecule has 1 aromatic carbocycles. The molecule has 0 saturated heterocycles. The summed E-state index contributed by atoms with van der Waals surface area (Å²) in [5.41, 5.74) is 8.08. The second-order valence-electron chi connectivity index (χ2n) is 2.59. The topological polar surface area (TPSA) is 93.5 Å². The van der Waals surface area contributed by atoms with E-state index < -0.39 is 4.92 Å². The number of rotatable bonds is 3. The van der Waals surface area contributed by atoms with Crippen molar-refractivity contribution in [2.24, 2.45) is 10.8 Å². The lowest BCUT2D eigenvalue weighted by atomic mass is 10.2. The number of hydrogen-bond acceptors (Lipinski definition) is 4. The maximum Gasteiger partial charge on any atom is 0.270 e. The highest BCUT2D eigenvalue weighted by atomic mass is 32.1. The van der Waals surface area contributed by atoms with Crippen molar-refractivity contribution in [3.05, 3.63) is 39.9 Å². The molecule has 1 rings (SSSR count). The average molecular weight is 224 g/mol. The smallest absolute Gasteiger partial charge is 0.270 e. The molecular weight excluding hydrogens is 216 g/mol. The largest absolute Gasteiger partial charge is 0.375 e. The van der Waals surface area contributed by atoms with Crippen LogP contribution in [0.2, 0.25) is 0 Å². The third kappa shape index (κ3) is 3.69. The predicted molar refractivity (Wildman–Crippen MR) is 60.6 cm³/mol. The molecule has 0 atom stereocenters. The number of hydrazone groups is 1. The van der Waals surface area contributed by atoms with Crippen molar-refractivity contribution in [3.63, 3.8) is 0 Å². The van der Waals surface area contributed by atoms with Gasteiger partial charge in [-0.05, 0) is 12.2 Å². The van der Waals surface area contributed by atoms with Crippen molar-refractivity contribution in [1.82, 2.24) is 5.43 Å². The van der Waals surface area contributed by atoms with Crippen LogP contribution in [-0.2, 0) is 0 Å². The van der Waals surface area contributed by atoms with Crippen LogP contribution in [0.3, 0.4) is 0 Å². The number of non-ortho nitro benzene ring substituents is 1. The number of nitrogens with zero attached hydrogens (tertiary/aromatic N) is 2. The molecule has 0 saturated carbocycles. The highest BCUT2D eigenvalue weighted by Crippen LogP contribution is 2.11. The first-order valence-electron chi connectivity index (χ1n) is 3.92. The molecule has 6 nitrogen and oxygen atoms in total. The van der Waals surface area contributed by atoms with Gasteiger partial charge in [-0.3, -0.25) is 15.5 Å². The maximum absolute atomic E-state index is 10.4. The zero-order valence-electron chi connectivity index (χ0n) is 7.58. The molecule has 15 heavy (non-hydrogen) atoms. The van der Waals surface area contributed by atoms with Gasteiger partial charge in [-0.1, -0.05) is 12.1 Å². The second-order valence-corrected chi connectivity index (χ2v) is 3.03. The van der Waals surface area contributed by atoms with Crippen LogP contribution in [0.4, 0.5) is 5.69 Å². The van der Waals surface area contributed by atoms with Gasteiger partial charge in [-0.25, -0.2) is 0 Å². The van der Waals surface area contributed by atoms with Crippen LogP contribution in [0.15, 0.2) is 29.4 Å². The monoisotopic (exact) mass is 224 g/mol. The van der Waals surface area contributed by atoms with Crippen molar-refractivity contribution in [2.45, 2.75) is 0 Å². The summed E-state index contributed by atoms with van der Waals surface area (Å²) in [6.45, 7) is 0. The van der Waals surface area contributed by atoms with E-state index in [1.54, 1.807) is 12.1 Å². The van der Waals surface area contributed by atoms with Gasteiger partial charge in [0, 0.05) is 17.7 Å². The van der Waals surface area contributed by atoms with Gasteiger partial charge in [-0.2, -0.15) is 5.10 Å². The Labute approximate surface area is 90.9 Å². The van der Waals surface area contributed by atoms with Crippen molar-refractivity contribution in [1.29, 1.82) is 0 Å². The Morgan fingerprint density at radius 3 is 3.00 bits per heavy atom. The molecule has 0 radical (unpaired) electrons. The molecule has 0 spiro atoms. The van der Waals surface area contributed by atoms with Crippen LogP contribution in [0, 0.1) is 10.1 Å². The Bertz CT molecular complexity index is 419. The number of nitrogens with one attached hydrogen (secondary N) is 1. The lowest BCUT2D eigenvalue weighted by Crippen LogP contribution is -2.23. The highest BCUT2D eigenvalue weighted by molar-refractivity contribution is 7.80. The molecule has 0 unspecified atom stereocenters. The van der Waals surface area contributed by atoms with E-state index in [4.69, 9.17) is 5.73 Å². The predicted octanol–water partition coefficient (Wildman–Crippen LogP) is 0.762. The normalized spacial score (nSPS) is 10.1. The molecular formula is C8H8N4O2S. The minimum absolute atomic E-state index is 0.00859. The van der Waals surface area contributed by atoms with Crippen molar-refractivity contribution in [2.75, 3.05) is 0 Å². The average Bonchev–Trinajstić information content (AvgIpc) is 2.17. The summed E-state index contributed by atoms with van der Waals surface area (Å²) >= 11 is 4.52. The van der Waals surface area contributed by atoms with Gasteiger partial charge in [0.2, 0.25) is 0 Å². The molecule has 1 aromatic rings. The molecule has 0 aromatic heterocycles. The molecule has 0 aliphatic heterocycles. The lowest BCUT2D eigenvalue weighted by molar-refractivity contribution is -0.384. The number of benzene rings is 1. The first-order chi connectivity index (χ1) is 7.09. The van der Waals surface area contributed by atoms with E-state index in [0.717, 1.165) is 0 Å². The van der Waals surface area contributed by atoms with E-state index in [9.17, 15) is 10.1 Å².